The van der Waals surface area contributed by atoms with Crippen molar-refractivity contribution < 1.29 is 4.79 Å². The summed E-state index contributed by atoms with van der Waals surface area (Å²) in [5, 5.41) is 15.7. The number of benzene rings is 2. The third-order valence-corrected chi connectivity index (χ3v) is 5.30. The quantitative estimate of drug-likeness (QED) is 0.580. The van der Waals surface area contributed by atoms with E-state index in [9.17, 15) is 4.79 Å². The van der Waals surface area contributed by atoms with Crippen LogP contribution in [-0.4, -0.2) is 25.9 Å². The molecule has 27 heavy (non-hydrogen) atoms. The second kappa shape index (κ2) is 8.92. The van der Waals surface area contributed by atoms with Crippen LogP contribution in [-0.2, 0) is 18.4 Å². The van der Waals surface area contributed by atoms with E-state index in [4.69, 9.17) is 11.6 Å². The van der Waals surface area contributed by atoms with Gasteiger partial charge >= 0.3 is 0 Å². The number of nitrogens with zero attached hydrogens (tertiary/aromatic N) is 3. The third-order valence-electron chi connectivity index (χ3n) is 3.91. The summed E-state index contributed by atoms with van der Waals surface area (Å²) in [6, 6.07) is 16.9. The summed E-state index contributed by atoms with van der Waals surface area (Å²) in [5.74, 6) is 0.707. The summed E-state index contributed by atoms with van der Waals surface area (Å²) in [5.41, 5.74) is 1.73. The lowest BCUT2D eigenvalue weighted by molar-refractivity contribution is -0.115. The first kappa shape index (κ1) is 19.3. The number of anilines is 2. The van der Waals surface area contributed by atoms with Gasteiger partial charge in [-0.1, -0.05) is 41.6 Å². The summed E-state index contributed by atoms with van der Waals surface area (Å²) in [6.07, 6.45) is 0. The van der Waals surface area contributed by atoms with Crippen LogP contribution in [0.5, 0.6) is 0 Å². The molecule has 3 aromatic rings. The van der Waals surface area contributed by atoms with E-state index in [-0.39, 0.29) is 11.2 Å². The molecule has 0 bridgehead atoms. The molecule has 140 valence electrons. The number of halogens is 1. The predicted octanol–water partition coefficient (Wildman–Crippen LogP) is 4.20. The van der Waals surface area contributed by atoms with Crippen LogP contribution in [0.1, 0.15) is 12.7 Å². The molecular weight excluding hydrogens is 382 g/mol. The van der Waals surface area contributed by atoms with Crippen molar-refractivity contribution >= 4 is 40.6 Å². The fourth-order valence-electron chi connectivity index (χ4n) is 2.33. The predicted molar refractivity (Wildman–Crippen MR) is 110 cm³/mol. The van der Waals surface area contributed by atoms with Crippen LogP contribution in [0.2, 0.25) is 5.02 Å². The summed E-state index contributed by atoms with van der Waals surface area (Å²) in [6.45, 7) is 2.37. The zero-order valence-corrected chi connectivity index (χ0v) is 16.6. The smallest absolute Gasteiger partial charge is 0.237 e. The Morgan fingerprint density at radius 2 is 1.81 bits per heavy atom. The number of amides is 1. The fourth-order valence-corrected chi connectivity index (χ4v) is 3.29. The first-order chi connectivity index (χ1) is 13.0. The van der Waals surface area contributed by atoms with Gasteiger partial charge in [0.1, 0.15) is 0 Å². The van der Waals surface area contributed by atoms with Crippen LogP contribution in [0.25, 0.3) is 0 Å². The Morgan fingerprint density at radius 1 is 1.11 bits per heavy atom. The van der Waals surface area contributed by atoms with Gasteiger partial charge in [-0.05, 0) is 43.3 Å². The molecule has 0 saturated heterocycles. The number of rotatable bonds is 7. The number of thioether (sulfide) groups is 1. The van der Waals surface area contributed by atoms with Gasteiger partial charge in [0.05, 0.1) is 11.8 Å². The minimum atomic E-state index is -0.301. The van der Waals surface area contributed by atoms with Crippen molar-refractivity contribution in [3.05, 3.63) is 65.4 Å². The van der Waals surface area contributed by atoms with Gasteiger partial charge in [0.2, 0.25) is 5.91 Å². The maximum absolute atomic E-state index is 12.4. The molecule has 1 aromatic heterocycles. The van der Waals surface area contributed by atoms with Crippen molar-refractivity contribution in [3.63, 3.8) is 0 Å². The molecule has 0 radical (unpaired) electrons. The second-order valence-corrected chi connectivity index (χ2v) is 7.68. The standard InChI is InChI=1S/C19H20ClN5OS/c1-13(18(26)22-16-6-4-3-5-7-16)27-19-24-23-17(25(19)2)12-21-15-10-8-14(20)9-11-15/h3-11,13,21H,12H2,1-2H3,(H,22,26). The van der Waals surface area contributed by atoms with Gasteiger partial charge in [0.15, 0.2) is 11.0 Å². The summed E-state index contributed by atoms with van der Waals surface area (Å²) in [4.78, 5) is 12.4. The number of carbonyl (C=O) groups excluding carboxylic acids is 1. The fraction of sp³-hybridized carbons (Fsp3) is 0.211. The Morgan fingerprint density at radius 3 is 2.52 bits per heavy atom. The van der Waals surface area contributed by atoms with Crippen LogP contribution >= 0.6 is 23.4 Å². The highest BCUT2D eigenvalue weighted by Gasteiger charge is 2.19. The number of carbonyl (C=O) groups is 1. The molecule has 8 heteroatoms. The van der Waals surface area contributed by atoms with Crippen LogP contribution < -0.4 is 10.6 Å². The van der Waals surface area contributed by atoms with E-state index in [1.54, 1.807) is 0 Å². The number of nitrogens with one attached hydrogen (secondary N) is 2. The Hall–Kier alpha value is -2.51. The highest BCUT2D eigenvalue weighted by Crippen LogP contribution is 2.23. The van der Waals surface area contributed by atoms with Gasteiger partial charge in [-0.25, -0.2) is 0 Å². The lowest BCUT2D eigenvalue weighted by atomic mass is 10.3. The molecule has 0 fully saturated rings. The minimum Gasteiger partial charge on any atom is -0.378 e. The minimum absolute atomic E-state index is 0.0740. The van der Waals surface area contributed by atoms with E-state index in [1.807, 2.05) is 73.1 Å². The first-order valence-electron chi connectivity index (χ1n) is 8.43. The Labute approximate surface area is 167 Å². The number of aromatic nitrogens is 3. The van der Waals surface area contributed by atoms with Crippen LogP contribution in [0.3, 0.4) is 0 Å². The Bertz CT molecular complexity index is 898. The van der Waals surface area contributed by atoms with Crippen molar-refractivity contribution in [3.8, 4) is 0 Å². The van der Waals surface area contributed by atoms with Gasteiger partial charge in [0.25, 0.3) is 0 Å². The molecule has 1 atom stereocenters. The Balaban J connectivity index is 1.57. The molecule has 0 spiro atoms. The molecule has 1 unspecified atom stereocenters. The van der Waals surface area contributed by atoms with Gasteiger partial charge in [-0.15, -0.1) is 10.2 Å². The van der Waals surface area contributed by atoms with Crippen molar-refractivity contribution in [2.75, 3.05) is 10.6 Å². The molecule has 2 aromatic carbocycles. The maximum Gasteiger partial charge on any atom is 0.237 e. The number of hydrogen-bond acceptors (Lipinski definition) is 5. The topological polar surface area (TPSA) is 71.8 Å². The maximum atomic E-state index is 12.4. The summed E-state index contributed by atoms with van der Waals surface area (Å²) >= 11 is 7.27. The second-order valence-electron chi connectivity index (χ2n) is 5.93. The van der Waals surface area contributed by atoms with Gasteiger partial charge in [-0.3, -0.25) is 4.79 Å². The molecule has 6 nitrogen and oxygen atoms in total. The van der Waals surface area contributed by atoms with Gasteiger partial charge in [-0.2, -0.15) is 0 Å². The third kappa shape index (κ3) is 5.24. The summed E-state index contributed by atoms with van der Waals surface area (Å²) in [7, 11) is 1.89. The lowest BCUT2D eigenvalue weighted by Crippen LogP contribution is -2.22. The molecule has 2 N–H and O–H groups in total. The van der Waals surface area contributed by atoms with Crippen LogP contribution in [0, 0.1) is 0 Å². The van der Waals surface area contributed by atoms with Crippen molar-refractivity contribution in [1.82, 2.24) is 14.8 Å². The molecule has 0 aliphatic carbocycles. The Kier molecular flexibility index (Phi) is 6.36. The lowest BCUT2D eigenvalue weighted by Gasteiger charge is -2.12. The van der Waals surface area contributed by atoms with E-state index < -0.39 is 0 Å². The number of para-hydroxylation sites is 1. The van der Waals surface area contributed by atoms with Crippen LogP contribution in [0.15, 0.2) is 59.8 Å². The average molecular weight is 402 g/mol. The van der Waals surface area contributed by atoms with Crippen LogP contribution in [0.4, 0.5) is 11.4 Å². The van der Waals surface area contributed by atoms with E-state index in [0.29, 0.717) is 16.7 Å². The SMILES string of the molecule is CC(Sc1nnc(CNc2ccc(Cl)cc2)n1C)C(=O)Nc1ccccc1. The zero-order chi connectivity index (χ0) is 19.2. The normalized spacial score (nSPS) is 11.8. The van der Waals surface area contributed by atoms with Gasteiger partial charge < -0.3 is 15.2 Å². The molecule has 0 aliphatic rings. The van der Waals surface area contributed by atoms with E-state index in [1.165, 1.54) is 11.8 Å². The largest absolute Gasteiger partial charge is 0.378 e. The van der Waals surface area contributed by atoms with Crippen molar-refractivity contribution in [1.29, 1.82) is 0 Å². The first-order valence-corrected chi connectivity index (χ1v) is 9.69. The average Bonchev–Trinajstić information content (AvgIpc) is 3.02. The molecule has 0 aliphatic heterocycles. The molecule has 1 amide bonds. The molecule has 3 rings (SSSR count). The molecule has 1 heterocycles. The van der Waals surface area contributed by atoms with E-state index >= 15 is 0 Å². The van der Waals surface area contributed by atoms with E-state index in [2.05, 4.69) is 20.8 Å². The summed E-state index contributed by atoms with van der Waals surface area (Å²) < 4.78 is 1.89. The molecular formula is C19H20ClN5OS. The highest BCUT2D eigenvalue weighted by molar-refractivity contribution is 8.00. The highest BCUT2D eigenvalue weighted by atomic mass is 35.5. The molecule has 0 saturated carbocycles. The zero-order valence-electron chi connectivity index (χ0n) is 15.0. The monoisotopic (exact) mass is 401 g/mol. The number of hydrogen-bond donors (Lipinski definition) is 2. The van der Waals surface area contributed by atoms with E-state index in [0.717, 1.165) is 17.2 Å². The van der Waals surface area contributed by atoms with Gasteiger partial charge in [0, 0.05) is 23.4 Å². The van der Waals surface area contributed by atoms with Crippen molar-refractivity contribution in [2.24, 2.45) is 7.05 Å². The van der Waals surface area contributed by atoms with Crippen molar-refractivity contribution in [2.45, 2.75) is 23.9 Å².